The SMILES string of the molecule is Cc1cc([N+](=O)[O-])ccc1CN1CCC(OC[C@@H]2CCCCO2)CC1. The Kier molecular flexibility index (Phi) is 6.39. The van der Waals surface area contributed by atoms with Crippen LogP contribution < -0.4 is 0 Å². The summed E-state index contributed by atoms with van der Waals surface area (Å²) in [4.78, 5) is 12.9. The number of nitrogens with zero attached hydrogens (tertiary/aromatic N) is 2. The van der Waals surface area contributed by atoms with Crippen molar-refractivity contribution < 1.29 is 14.4 Å². The van der Waals surface area contributed by atoms with E-state index >= 15 is 0 Å². The van der Waals surface area contributed by atoms with Gasteiger partial charge in [-0.1, -0.05) is 6.07 Å². The van der Waals surface area contributed by atoms with Gasteiger partial charge in [0, 0.05) is 38.4 Å². The Hall–Kier alpha value is -1.50. The van der Waals surface area contributed by atoms with E-state index in [2.05, 4.69) is 4.90 Å². The number of likely N-dealkylation sites (tertiary alicyclic amines) is 1. The molecular formula is C19H28N2O4. The molecule has 0 saturated carbocycles. The molecule has 2 aliphatic rings. The first kappa shape index (κ1) is 18.3. The third-order valence-electron chi connectivity index (χ3n) is 5.26. The number of aryl methyl sites for hydroxylation is 1. The average molecular weight is 348 g/mol. The summed E-state index contributed by atoms with van der Waals surface area (Å²) >= 11 is 0. The summed E-state index contributed by atoms with van der Waals surface area (Å²) in [5.41, 5.74) is 2.32. The zero-order valence-electron chi connectivity index (χ0n) is 15.0. The fraction of sp³-hybridized carbons (Fsp3) is 0.684. The lowest BCUT2D eigenvalue weighted by Crippen LogP contribution is -2.38. The monoisotopic (exact) mass is 348 g/mol. The van der Waals surface area contributed by atoms with Gasteiger partial charge >= 0.3 is 0 Å². The summed E-state index contributed by atoms with van der Waals surface area (Å²) in [6, 6.07) is 5.15. The summed E-state index contributed by atoms with van der Waals surface area (Å²) in [6.07, 6.45) is 6.25. The number of non-ortho nitro benzene ring substituents is 1. The van der Waals surface area contributed by atoms with Crippen molar-refractivity contribution in [1.29, 1.82) is 0 Å². The Bertz CT molecular complexity index is 579. The quantitative estimate of drug-likeness (QED) is 0.582. The Morgan fingerprint density at radius 3 is 2.72 bits per heavy atom. The number of benzene rings is 1. The molecule has 0 unspecified atom stereocenters. The van der Waals surface area contributed by atoms with Crippen LogP contribution in [0.3, 0.4) is 0 Å². The van der Waals surface area contributed by atoms with Gasteiger partial charge in [-0.25, -0.2) is 0 Å². The van der Waals surface area contributed by atoms with Gasteiger partial charge in [-0.05, 0) is 50.2 Å². The maximum atomic E-state index is 10.8. The Balaban J connectivity index is 1.42. The van der Waals surface area contributed by atoms with Crippen LogP contribution in [0.5, 0.6) is 0 Å². The highest BCUT2D eigenvalue weighted by Crippen LogP contribution is 2.22. The van der Waals surface area contributed by atoms with E-state index in [-0.39, 0.29) is 16.7 Å². The molecule has 6 heteroatoms. The maximum Gasteiger partial charge on any atom is 0.269 e. The van der Waals surface area contributed by atoms with Gasteiger partial charge in [0.15, 0.2) is 0 Å². The number of nitro groups is 1. The van der Waals surface area contributed by atoms with E-state index in [1.165, 1.54) is 18.4 Å². The average Bonchev–Trinajstić information content (AvgIpc) is 2.63. The molecular weight excluding hydrogens is 320 g/mol. The van der Waals surface area contributed by atoms with Crippen LogP contribution in [0, 0.1) is 17.0 Å². The van der Waals surface area contributed by atoms with Crippen molar-refractivity contribution in [3.05, 3.63) is 39.4 Å². The van der Waals surface area contributed by atoms with E-state index in [0.717, 1.165) is 57.7 Å². The summed E-state index contributed by atoms with van der Waals surface area (Å²) in [5, 5.41) is 10.8. The van der Waals surface area contributed by atoms with Crippen LogP contribution in [0.4, 0.5) is 5.69 Å². The van der Waals surface area contributed by atoms with Crippen molar-refractivity contribution in [3.63, 3.8) is 0 Å². The maximum absolute atomic E-state index is 10.8. The molecule has 1 atom stereocenters. The van der Waals surface area contributed by atoms with Crippen molar-refractivity contribution in [1.82, 2.24) is 4.90 Å². The molecule has 0 spiro atoms. The number of piperidine rings is 1. The van der Waals surface area contributed by atoms with E-state index < -0.39 is 0 Å². The first-order valence-electron chi connectivity index (χ1n) is 9.31. The van der Waals surface area contributed by atoms with Gasteiger partial charge in [-0.3, -0.25) is 15.0 Å². The molecule has 0 bridgehead atoms. The van der Waals surface area contributed by atoms with E-state index in [1.807, 2.05) is 13.0 Å². The molecule has 6 nitrogen and oxygen atoms in total. The molecule has 2 aliphatic heterocycles. The van der Waals surface area contributed by atoms with Gasteiger partial charge in [0.1, 0.15) is 0 Å². The standard InChI is InChI=1S/C19H28N2O4/c1-15-12-17(21(22)23)6-5-16(15)13-20-9-7-18(8-10-20)25-14-19-4-2-3-11-24-19/h5-6,12,18-19H,2-4,7-11,13-14H2,1H3/t19-/m0/s1. The summed E-state index contributed by atoms with van der Waals surface area (Å²) in [7, 11) is 0. The summed E-state index contributed by atoms with van der Waals surface area (Å²) in [5.74, 6) is 0. The second-order valence-corrected chi connectivity index (χ2v) is 7.17. The first-order chi connectivity index (χ1) is 12.1. The molecule has 138 valence electrons. The molecule has 2 heterocycles. The van der Waals surface area contributed by atoms with E-state index in [1.54, 1.807) is 12.1 Å². The van der Waals surface area contributed by atoms with E-state index in [9.17, 15) is 10.1 Å². The molecule has 1 aromatic carbocycles. The Morgan fingerprint density at radius 1 is 1.28 bits per heavy atom. The highest BCUT2D eigenvalue weighted by molar-refractivity contribution is 5.39. The summed E-state index contributed by atoms with van der Waals surface area (Å²) in [6.45, 7) is 6.41. The molecule has 0 amide bonds. The van der Waals surface area contributed by atoms with Crippen LogP contribution in [0.25, 0.3) is 0 Å². The molecule has 0 aromatic heterocycles. The lowest BCUT2D eigenvalue weighted by molar-refractivity contribution is -0.384. The fourth-order valence-electron chi connectivity index (χ4n) is 3.63. The van der Waals surface area contributed by atoms with Crippen LogP contribution in [0.15, 0.2) is 18.2 Å². The molecule has 0 N–H and O–H groups in total. The smallest absolute Gasteiger partial charge is 0.269 e. The first-order valence-corrected chi connectivity index (χ1v) is 9.31. The molecule has 3 rings (SSSR count). The molecule has 2 saturated heterocycles. The van der Waals surface area contributed by atoms with Gasteiger partial charge in [0.2, 0.25) is 0 Å². The lowest BCUT2D eigenvalue weighted by atomic mass is 10.0. The van der Waals surface area contributed by atoms with Gasteiger partial charge < -0.3 is 9.47 Å². The number of hydrogen-bond donors (Lipinski definition) is 0. The molecule has 1 aromatic rings. The topological polar surface area (TPSA) is 64.8 Å². The number of hydrogen-bond acceptors (Lipinski definition) is 5. The minimum atomic E-state index is -0.338. The number of rotatable bonds is 6. The minimum absolute atomic E-state index is 0.165. The van der Waals surface area contributed by atoms with Crippen molar-refractivity contribution in [2.75, 3.05) is 26.3 Å². The van der Waals surface area contributed by atoms with Crippen LogP contribution in [-0.4, -0.2) is 48.3 Å². The second kappa shape index (κ2) is 8.74. The highest BCUT2D eigenvalue weighted by Gasteiger charge is 2.22. The summed E-state index contributed by atoms with van der Waals surface area (Å²) < 4.78 is 11.8. The van der Waals surface area contributed by atoms with Crippen molar-refractivity contribution in [2.45, 2.75) is 57.8 Å². The zero-order chi connectivity index (χ0) is 17.6. The van der Waals surface area contributed by atoms with Crippen molar-refractivity contribution >= 4 is 5.69 Å². The van der Waals surface area contributed by atoms with Crippen LogP contribution in [0.2, 0.25) is 0 Å². The van der Waals surface area contributed by atoms with Crippen LogP contribution >= 0.6 is 0 Å². The molecule has 0 aliphatic carbocycles. The Labute approximate surface area is 149 Å². The minimum Gasteiger partial charge on any atom is -0.376 e. The number of nitro benzene ring substituents is 1. The van der Waals surface area contributed by atoms with Gasteiger partial charge in [0.25, 0.3) is 5.69 Å². The van der Waals surface area contributed by atoms with Crippen LogP contribution in [-0.2, 0) is 16.0 Å². The largest absolute Gasteiger partial charge is 0.376 e. The predicted molar refractivity (Wildman–Crippen MR) is 95.7 cm³/mol. The molecule has 0 radical (unpaired) electrons. The molecule has 2 fully saturated rings. The van der Waals surface area contributed by atoms with E-state index in [0.29, 0.717) is 6.10 Å². The third kappa shape index (κ3) is 5.23. The van der Waals surface area contributed by atoms with Crippen LogP contribution in [0.1, 0.15) is 43.2 Å². The third-order valence-corrected chi connectivity index (χ3v) is 5.26. The molecule has 25 heavy (non-hydrogen) atoms. The zero-order valence-corrected chi connectivity index (χ0v) is 15.0. The van der Waals surface area contributed by atoms with Gasteiger partial charge in [0.05, 0.1) is 23.7 Å². The van der Waals surface area contributed by atoms with Crippen molar-refractivity contribution in [3.8, 4) is 0 Å². The highest BCUT2D eigenvalue weighted by atomic mass is 16.6. The normalized spacial score (nSPS) is 22.8. The van der Waals surface area contributed by atoms with Gasteiger partial charge in [-0.2, -0.15) is 0 Å². The van der Waals surface area contributed by atoms with Gasteiger partial charge in [-0.15, -0.1) is 0 Å². The Morgan fingerprint density at radius 2 is 2.08 bits per heavy atom. The van der Waals surface area contributed by atoms with E-state index in [4.69, 9.17) is 9.47 Å². The second-order valence-electron chi connectivity index (χ2n) is 7.17. The predicted octanol–water partition coefficient (Wildman–Crippen LogP) is 3.45. The number of ether oxygens (including phenoxy) is 2. The lowest BCUT2D eigenvalue weighted by Gasteiger charge is -2.33. The fourth-order valence-corrected chi connectivity index (χ4v) is 3.63. The van der Waals surface area contributed by atoms with Crippen molar-refractivity contribution in [2.24, 2.45) is 0 Å².